The van der Waals surface area contributed by atoms with Gasteiger partial charge in [0.15, 0.2) is 0 Å². The zero-order valence-electron chi connectivity index (χ0n) is 10.5. The molecule has 1 amide bonds. The third-order valence-electron chi connectivity index (χ3n) is 3.74. The molecule has 19 heavy (non-hydrogen) atoms. The van der Waals surface area contributed by atoms with Gasteiger partial charge in [-0.25, -0.2) is 0 Å². The van der Waals surface area contributed by atoms with Gasteiger partial charge in [0.05, 0.1) is 6.10 Å². The van der Waals surface area contributed by atoms with E-state index in [9.17, 15) is 9.90 Å². The zero-order chi connectivity index (χ0) is 13.4. The van der Waals surface area contributed by atoms with E-state index in [1.54, 1.807) is 23.1 Å². The summed E-state index contributed by atoms with van der Waals surface area (Å²) in [5, 5.41) is 10.6. The first kappa shape index (κ1) is 12.9. The van der Waals surface area contributed by atoms with Crippen LogP contribution in [0.25, 0.3) is 0 Å². The molecule has 1 N–H and O–H groups in total. The molecular formula is C14H16ClNO3. The number of aliphatic hydroxyl groups excluding tert-OH is 1. The molecule has 2 unspecified atom stereocenters. The molecule has 3 rings (SSSR count). The molecule has 5 heteroatoms. The van der Waals surface area contributed by atoms with Gasteiger partial charge in [-0.05, 0) is 37.5 Å². The Morgan fingerprint density at radius 1 is 1.42 bits per heavy atom. The maximum Gasteiger partial charge on any atom is 0.256 e. The highest BCUT2D eigenvalue weighted by Gasteiger charge is 2.33. The van der Waals surface area contributed by atoms with Crippen molar-refractivity contribution in [2.75, 3.05) is 18.1 Å². The summed E-state index contributed by atoms with van der Waals surface area (Å²) in [5.74, 6) is -0.00651. The zero-order valence-corrected chi connectivity index (χ0v) is 11.3. The third kappa shape index (κ3) is 2.36. The van der Waals surface area contributed by atoms with Crippen molar-refractivity contribution in [1.82, 2.24) is 0 Å². The monoisotopic (exact) mass is 281 g/mol. The number of hydrogen-bond donors (Lipinski definition) is 1. The number of halogens is 1. The number of carbonyl (C=O) groups is 1. The molecule has 102 valence electrons. The lowest BCUT2D eigenvalue weighted by Crippen LogP contribution is -2.42. The third-order valence-corrected chi connectivity index (χ3v) is 3.97. The van der Waals surface area contributed by atoms with E-state index in [0.717, 1.165) is 24.1 Å². The molecule has 0 aromatic heterocycles. The van der Waals surface area contributed by atoms with E-state index >= 15 is 0 Å². The van der Waals surface area contributed by atoms with Crippen LogP contribution in [0, 0.1) is 0 Å². The van der Waals surface area contributed by atoms with E-state index in [0.29, 0.717) is 24.6 Å². The van der Waals surface area contributed by atoms with Gasteiger partial charge in [0.25, 0.3) is 5.91 Å². The minimum Gasteiger partial charge on any atom is -0.388 e. The minimum atomic E-state index is -0.553. The Kier molecular flexibility index (Phi) is 3.48. The van der Waals surface area contributed by atoms with Crippen LogP contribution in [-0.4, -0.2) is 30.3 Å². The molecule has 0 bridgehead atoms. The van der Waals surface area contributed by atoms with Gasteiger partial charge in [-0.2, -0.15) is 0 Å². The number of fused-ring (bicyclic) bond motifs is 1. The SMILES string of the molecule is O=C(C1CCCO1)N1CCC(O)c2cc(Cl)ccc21. The summed E-state index contributed by atoms with van der Waals surface area (Å²) in [7, 11) is 0. The van der Waals surface area contributed by atoms with E-state index in [2.05, 4.69) is 0 Å². The van der Waals surface area contributed by atoms with Crippen LogP contribution in [0.4, 0.5) is 5.69 Å². The number of nitrogens with zero attached hydrogens (tertiary/aromatic N) is 1. The quantitative estimate of drug-likeness (QED) is 0.859. The summed E-state index contributed by atoms with van der Waals surface area (Å²) in [6.07, 6.45) is 1.36. The van der Waals surface area contributed by atoms with Crippen LogP contribution in [0.15, 0.2) is 18.2 Å². The molecule has 2 heterocycles. The molecule has 2 aliphatic heterocycles. The number of amides is 1. The van der Waals surface area contributed by atoms with Crippen LogP contribution in [0.1, 0.15) is 30.9 Å². The Hall–Kier alpha value is -1.10. The lowest BCUT2D eigenvalue weighted by molar-refractivity contribution is -0.127. The fraction of sp³-hybridized carbons (Fsp3) is 0.500. The number of ether oxygens (including phenoxy) is 1. The Labute approximate surface area is 116 Å². The van der Waals surface area contributed by atoms with Crippen LogP contribution < -0.4 is 4.90 Å². The van der Waals surface area contributed by atoms with Gasteiger partial charge in [-0.1, -0.05) is 11.6 Å². The van der Waals surface area contributed by atoms with Gasteiger partial charge in [0, 0.05) is 29.4 Å². The molecule has 1 aromatic rings. The van der Waals surface area contributed by atoms with Gasteiger partial charge in [0.2, 0.25) is 0 Å². The second-order valence-electron chi connectivity index (χ2n) is 5.00. The van der Waals surface area contributed by atoms with E-state index in [4.69, 9.17) is 16.3 Å². The molecule has 0 spiro atoms. The molecule has 1 aromatic carbocycles. The number of carbonyl (C=O) groups excluding carboxylic acids is 1. The highest BCUT2D eigenvalue weighted by Crippen LogP contribution is 2.36. The van der Waals surface area contributed by atoms with Crippen LogP contribution in [-0.2, 0) is 9.53 Å². The lowest BCUT2D eigenvalue weighted by atomic mass is 9.98. The molecule has 2 aliphatic rings. The summed E-state index contributed by atoms with van der Waals surface area (Å²) in [6.45, 7) is 1.18. The minimum absolute atomic E-state index is 0.00651. The van der Waals surface area contributed by atoms with Crippen LogP contribution in [0.3, 0.4) is 0 Å². The van der Waals surface area contributed by atoms with Crippen molar-refractivity contribution in [3.8, 4) is 0 Å². The Balaban J connectivity index is 1.92. The Morgan fingerprint density at radius 3 is 3.00 bits per heavy atom. The first-order valence-electron chi connectivity index (χ1n) is 6.57. The van der Waals surface area contributed by atoms with Gasteiger partial charge in [0.1, 0.15) is 6.10 Å². The smallest absolute Gasteiger partial charge is 0.256 e. The van der Waals surface area contributed by atoms with E-state index in [-0.39, 0.29) is 12.0 Å². The predicted octanol–water partition coefficient (Wildman–Crippen LogP) is 2.29. The van der Waals surface area contributed by atoms with Crippen molar-refractivity contribution < 1.29 is 14.6 Å². The van der Waals surface area contributed by atoms with Crippen LogP contribution >= 0.6 is 11.6 Å². The van der Waals surface area contributed by atoms with Crippen molar-refractivity contribution in [3.05, 3.63) is 28.8 Å². The van der Waals surface area contributed by atoms with Crippen molar-refractivity contribution in [2.24, 2.45) is 0 Å². The second kappa shape index (κ2) is 5.12. The van der Waals surface area contributed by atoms with Crippen molar-refractivity contribution in [1.29, 1.82) is 0 Å². The fourth-order valence-electron chi connectivity index (χ4n) is 2.74. The molecule has 0 aliphatic carbocycles. The van der Waals surface area contributed by atoms with Gasteiger partial charge < -0.3 is 14.7 Å². The van der Waals surface area contributed by atoms with Crippen molar-refractivity contribution >= 4 is 23.2 Å². The summed E-state index contributed by atoms with van der Waals surface area (Å²) in [4.78, 5) is 14.2. The van der Waals surface area contributed by atoms with Gasteiger partial charge in [-0.15, -0.1) is 0 Å². The summed E-state index contributed by atoms with van der Waals surface area (Å²) >= 11 is 5.96. The van der Waals surface area contributed by atoms with Gasteiger partial charge >= 0.3 is 0 Å². The highest BCUT2D eigenvalue weighted by molar-refractivity contribution is 6.30. The molecule has 4 nitrogen and oxygen atoms in total. The molecule has 1 saturated heterocycles. The molecule has 1 fully saturated rings. The lowest BCUT2D eigenvalue weighted by Gasteiger charge is -2.33. The average molecular weight is 282 g/mol. The van der Waals surface area contributed by atoms with Crippen molar-refractivity contribution in [2.45, 2.75) is 31.5 Å². The number of hydrogen-bond acceptors (Lipinski definition) is 3. The number of rotatable bonds is 1. The predicted molar refractivity (Wildman–Crippen MR) is 72.4 cm³/mol. The topological polar surface area (TPSA) is 49.8 Å². The Morgan fingerprint density at radius 2 is 2.26 bits per heavy atom. The summed E-state index contributed by atoms with van der Waals surface area (Å²) in [6, 6.07) is 5.28. The summed E-state index contributed by atoms with van der Waals surface area (Å²) in [5.41, 5.74) is 1.48. The fourth-order valence-corrected chi connectivity index (χ4v) is 2.92. The van der Waals surface area contributed by atoms with Crippen LogP contribution in [0.2, 0.25) is 5.02 Å². The number of aliphatic hydroxyl groups is 1. The van der Waals surface area contributed by atoms with E-state index in [1.165, 1.54) is 0 Å². The largest absolute Gasteiger partial charge is 0.388 e. The van der Waals surface area contributed by atoms with Crippen LogP contribution in [0.5, 0.6) is 0 Å². The van der Waals surface area contributed by atoms with Gasteiger partial charge in [-0.3, -0.25) is 4.79 Å². The molecular weight excluding hydrogens is 266 g/mol. The molecule has 0 saturated carbocycles. The normalized spacial score (nSPS) is 26.3. The number of anilines is 1. The maximum absolute atomic E-state index is 12.4. The molecule has 0 radical (unpaired) electrons. The van der Waals surface area contributed by atoms with E-state index in [1.807, 2.05) is 0 Å². The summed E-state index contributed by atoms with van der Waals surface area (Å²) < 4.78 is 5.45. The first-order valence-corrected chi connectivity index (χ1v) is 6.95. The maximum atomic E-state index is 12.4. The standard InChI is InChI=1S/C14H16ClNO3/c15-9-3-4-11-10(8-9)12(17)5-6-16(11)14(18)13-2-1-7-19-13/h3-4,8,12-13,17H,1-2,5-7H2. The van der Waals surface area contributed by atoms with Crippen molar-refractivity contribution in [3.63, 3.8) is 0 Å². The average Bonchev–Trinajstić information content (AvgIpc) is 2.93. The molecule has 2 atom stereocenters. The number of benzene rings is 1. The first-order chi connectivity index (χ1) is 9.16. The second-order valence-corrected chi connectivity index (χ2v) is 5.44. The van der Waals surface area contributed by atoms with E-state index < -0.39 is 6.10 Å². The Bertz CT molecular complexity index is 499. The highest BCUT2D eigenvalue weighted by atomic mass is 35.5.